The van der Waals surface area contributed by atoms with Crippen molar-refractivity contribution >= 4 is 47.0 Å². The maximum atomic E-state index is 12.7. The van der Waals surface area contributed by atoms with Gasteiger partial charge in [0.25, 0.3) is 0 Å². The molecule has 9 nitrogen and oxygen atoms in total. The molecule has 3 aromatic carbocycles. The van der Waals surface area contributed by atoms with Gasteiger partial charge in [0.2, 0.25) is 0 Å². The van der Waals surface area contributed by atoms with E-state index in [1.54, 1.807) is 30.3 Å². The van der Waals surface area contributed by atoms with Crippen LogP contribution in [0.3, 0.4) is 0 Å². The molecule has 0 bridgehead atoms. The molecule has 0 saturated carbocycles. The topological polar surface area (TPSA) is 128 Å². The average Bonchev–Trinajstić information content (AvgIpc) is 2.90. The summed E-state index contributed by atoms with van der Waals surface area (Å²) in [6.45, 7) is -0.759. The number of hydrogen-bond acceptors (Lipinski definition) is 7. The van der Waals surface area contributed by atoms with Crippen LogP contribution in [-0.4, -0.2) is 41.6 Å². The van der Waals surface area contributed by atoms with E-state index in [9.17, 15) is 19.2 Å². The van der Waals surface area contributed by atoms with Crippen molar-refractivity contribution in [3.63, 3.8) is 0 Å². The molecule has 0 fully saturated rings. The van der Waals surface area contributed by atoms with Gasteiger partial charge in [0, 0.05) is 0 Å². The first-order valence-corrected chi connectivity index (χ1v) is 12.0. The molecule has 1 atom stereocenters. The second-order valence-corrected chi connectivity index (χ2v) is 8.69. The number of hydrogen-bond donors (Lipinski definition) is 2. The molecule has 0 aliphatic carbocycles. The summed E-state index contributed by atoms with van der Waals surface area (Å²) in [5.74, 6) is -3.09. The van der Waals surface area contributed by atoms with Crippen LogP contribution in [0.4, 0.5) is 4.79 Å². The number of alkyl carbamates (subject to hydrolysis) is 1. The van der Waals surface area contributed by atoms with E-state index in [0.29, 0.717) is 5.56 Å². The van der Waals surface area contributed by atoms with Gasteiger partial charge in [-0.2, -0.15) is 0 Å². The van der Waals surface area contributed by atoms with Gasteiger partial charge in [-0.05, 0) is 23.3 Å². The van der Waals surface area contributed by atoms with Gasteiger partial charge in [0.1, 0.15) is 30.6 Å². The van der Waals surface area contributed by atoms with Gasteiger partial charge < -0.3 is 24.6 Å². The molecule has 2 N–H and O–H groups in total. The van der Waals surface area contributed by atoms with E-state index in [0.717, 1.165) is 5.56 Å². The SMILES string of the molecule is O=C(O)CC(NC(=O)OCc1ccccc1)C(=O)COC(=O)c1c(Cl)ccc(OCc2ccccc2)c1Cl. The molecule has 3 aromatic rings. The van der Waals surface area contributed by atoms with E-state index in [1.807, 2.05) is 30.3 Å². The minimum atomic E-state index is -1.50. The summed E-state index contributed by atoms with van der Waals surface area (Å²) in [4.78, 5) is 48.7. The number of carboxylic acids is 1. The standard InChI is InChI=1S/C27H23Cl2NO8/c28-19-11-12-22(36-14-17-7-3-1-4-8-17)25(29)24(19)26(34)37-16-21(31)20(13-23(32)33)30-27(35)38-15-18-9-5-2-6-10-18/h1-12,20H,13-16H2,(H,30,35)(H,32,33). The fourth-order valence-electron chi connectivity index (χ4n) is 3.20. The zero-order valence-electron chi connectivity index (χ0n) is 19.9. The molecule has 0 aliphatic rings. The maximum Gasteiger partial charge on any atom is 0.408 e. The highest BCUT2D eigenvalue weighted by molar-refractivity contribution is 6.40. The quantitative estimate of drug-likeness (QED) is 0.294. The molecule has 3 rings (SSSR count). The summed E-state index contributed by atoms with van der Waals surface area (Å²) in [7, 11) is 0. The zero-order valence-corrected chi connectivity index (χ0v) is 21.4. The van der Waals surface area contributed by atoms with E-state index in [4.69, 9.17) is 42.5 Å². The molecule has 1 amide bonds. The number of Topliss-reactive ketones (excluding diaryl/α,β-unsaturated/α-hetero) is 1. The Morgan fingerprint density at radius 3 is 2.03 bits per heavy atom. The van der Waals surface area contributed by atoms with Gasteiger partial charge in [-0.15, -0.1) is 0 Å². The Morgan fingerprint density at radius 1 is 0.816 bits per heavy atom. The van der Waals surface area contributed by atoms with Crippen molar-refractivity contribution in [3.05, 3.63) is 99.5 Å². The molecule has 0 radical (unpaired) electrons. The summed E-state index contributed by atoms with van der Waals surface area (Å²) in [5.41, 5.74) is 1.34. The first kappa shape index (κ1) is 28.5. The number of nitrogens with one attached hydrogen (secondary N) is 1. The minimum absolute atomic E-state index is 0.0378. The third-order valence-corrected chi connectivity index (χ3v) is 5.80. The molecule has 0 aromatic heterocycles. The third-order valence-electron chi connectivity index (χ3n) is 5.11. The van der Waals surface area contributed by atoms with Crippen molar-refractivity contribution in [3.8, 4) is 5.75 Å². The molecule has 0 aliphatic heterocycles. The zero-order chi connectivity index (χ0) is 27.5. The summed E-state index contributed by atoms with van der Waals surface area (Å²) >= 11 is 12.5. The first-order chi connectivity index (χ1) is 18.2. The molecular weight excluding hydrogens is 537 g/mol. The van der Waals surface area contributed by atoms with E-state index in [2.05, 4.69) is 5.32 Å². The second kappa shape index (κ2) is 14.0. The Labute approximate surface area is 228 Å². The molecule has 0 saturated heterocycles. The summed E-state index contributed by atoms with van der Waals surface area (Å²) in [5, 5.41) is 11.2. The van der Waals surface area contributed by atoms with Crippen LogP contribution in [0.25, 0.3) is 0 Å². The van der Waals surface area contributed by atoms with Crippen molar-refractivity contribution in [2.45, 2.75) is 25.7 Å². The highest BCUT2D eigenvalue weighted by atomic mass is 35.5. The third kappa shape index (κ3) is 8.50. The van der Waals surface area contributed by atoms with Gasteiger partial charge >= 0.3 is 18.0 Å². The second-order valence-electron chi connectivity index (χ2n) is 7.91. The number of aliphatic carboxylic acids is 1. The van der Waals surface area contributed by atoms with Crippen LogP contribution >= 0.6 is 23.2 Å². The van der Waals surface area contributed by atoms with Gasteiger partial charge in [0.15, 0.2) is 12.4 Å². The summed E-state index contributed by atoms with van der Waals surface area (Å²) < 4.78 is 15.8. The van der Waals surface area contributed by atoms with Crippen molar-refractivity contribution in [2.24, 2.45) is 0 Å². The van der Waals surface area contributed by atoms with Crippen molar-refractivity contribution in [2.75, 3.05) is 6.61 Å². The summed E-state index contributed by atoms with van der Waals surface area (Å²) in [6.07, 6.45) is -1.75. The number of ether oxygens (including phenoxy) is 3. The number of amides is 1. The van der Waals surface area contributed by atoms with Crippen molar-refractivity contribution in [1.82, 2.24) is 5.32 Å². The number of rotatable bonds is 12. The lowest BCUT2D eigenvalue weighted by Gasteiger charge is -2.16. The smallest absolute Gasteiger partial charge is 0.408 e. The highest BCUT2D eigenvalue weighted by Crippen LogP contribution is 2.34. The predicted octanol–water partition coefficient (Wildman–Crippen LogP) is 5.07. The van der Waals surface area contributed by atoms with Gasteiger partial charge in [-0.1, -0.05) is 83.9 Å². The van der Waals surface area contributed by atoms with Gasteiger partial charge in [-0.25, -0.2) is 9.59 Å². The Kier molecular flexibility index (Phi) is 10.5. The fraction of sp³-hybridized carbons (Fsp3) is 0.185. The van der Waals surface area contributed by atoms with Crippen molar-refractivity contribution in [1.29, 1.82) is 0 Å². The Morgan fingerprint density at radius 2 is 1.42 bits per heavy atom. The number of carbonyl (C=O) groups excluding carboxylic acids is 3. The molecular formula is C27H23Cl2NO8. The van der Waals surface area contributed by atoms with E-state index in [1.165, 1.54) is 12.1 Å². The van der Waals surface area contributed by atoms with E-state index in [-0.39, 0.29) is 34.6 Å². The number of benzene rings is 3. The molecule has 38 heavy (non-hydrogen) atoms. The number of carbonyl (C=O) groups is 4. The minimum Gasteiger partial charge on any atom is -0.487 e. The molecule has 1 unspecified atom stereocenters. The summed E-state index contributed by atoms with van der Waals surface area (Å²) in [6, 6.07) is 19.4. The molecule has 11 heteroatoms. The van der Waals surface area contributed by atoms with Crippen LogP contribution in [-0.2, 0) is 32.3 Å². The van der Waals surface area contributed by atoms with E-state index < -0.39 is 42.9 Å². The first-order valence-electron chi connectivity index (χ1n) is 11.3. The Hall–Kier alpha value is -4.08. The fourth-order valence-corrected chi connectivity index (χ4v) is 3.78. The molecule has 0 spiro atoms. The lowest BCUT2D eigenvalue weighted by atomic mass is 10.1. The highest BCUT2D eigenvalue weighted by Gasteiger charge is 2.27. The largest absolute Gasteiger partial charge is 0.487 e. The molecule has 198 valence electrons. The van der Waals surface area contributed by atoms with Crippen LogP contribution in [0, 0.1) is 0 Å². The normalized spacial score (nSPS) is 11.2. The number of esters is 1. The number of ketones is 1. The number of carboxylic acid groups (broad SMARTS) is 1. The Bertz CT molecular complexity index is 1280. The Balaban J connectivity index is 1.60. The molecule has 0 heterocycles. The van der Waals surface area contributed by atoms with Crippen LogP contribution in [0.1, 0.15) is 27.9 Å². The van der Waals surface area contributed by atoms with Crippen LogP contribution in [0.2, 0.25) is 10.0 Å². The van der Waals surface area contributed by atoms with Crippen LogP contribution in [0.5, 0.6) is 5.75 Å². The van der Waals surface area contributed by atoms with E-state index >= 15 is 0 Å². The van der Waals surface area contributed by atoms with Crippen molar-refractivity contribution < 1.29 is 38.5 Å². The van der Waals surface area contributed by atoms with Crippen LogP contribution in [0.15, 0.2) is 72.8 Å². The predicted molar refractivity (Wildman–Crippen MR) is 138 cm³/mol. The van der Waals surface area contributed by atoms with Crippen LogP contribution < -0.4 is 10.1 Å². The monoisotopic (exact) mass is 559 g/mol. The van der Waals surface area contributed by atoms with Gasteiger partial charge in [0.05, 0.1) is 16.5 Å². The maximum absolute atomic E-state index is 12.7. The number of halogens is 2. The van der Waals surface area contributed by atoms with Gasteiger partial charge in [-0.3, -0.25) is 9.59 Å². The lowest BCUT2D eigenvalue weighted by Crippen LogP contribution is -2.44. The lowest BCUT2D eigenvalue weighted by molar-refractivity contribution is -0.139. The average molecular weight is 560 g/mol.